The van der Waals surface area contributed by atoms with Gasteiger partial charge in [-0.05, 0) is 82.9 Å². The normalized spacial score (nSPS) is 12.9. The summed E-state index contributed by atoms with van der Waals surface area (Å²) in [6, 6.07) is 28.6. The van der Waals surface area contributed by atoms with Crippen molar-refractivity contribution in [1.29, 1.82) is 0 Å². The molecule has 0 aromatic heterocycles. The van der Waals surface area contributed by atoms with Gasteiger partial charge in [0.05, 0.1) is 0 Å². The third kappa shape index (κ3) is 6.97. The maximum Gasteiger partial charge on any atom is 0.542 e. The molecule has 0 aliphatic rings. The highest BCUT2D eigenvalue weighted by Gasteiger charge is 2.30. The average molecular weight is 594 g/mol. The van der Waals surface area contributed by atoms with E-state index in [2.05, 4.69) is 156 Å². The van der Waals surface area contributed by atoms with Crippen molar-refractivity contribution in [2.24, 2.45) is 0 Å². The van der Waals surface area contributed by atoms with Gasteiger partial charge in [0, 0.05) is 11.1 Å². The summed E-state index contributed by atoms with van der Waals surface area (Å²) in [6.07, 6.45) is 0. The summed E-state index contributed by atoms with van der Waals surface area (Å²) in [5, 5.41) is 0. The molecule has 0 aliphatic heterocycles. The van der Waals surface area contributed by atoms with Crippen LogP contribution in [0, 0.1) is 0 Å². The Morgan fingerprint density at radius 3 is 1.42 bits per heavy atom. The maximum atomic E-state index is 12.1. The smallest absolute Gasteiger partial charge is 0.255 e. The van der Waals surface area contributed by atoms with Crippen LogP contribution in [0.25, 0.3) is 33.4 Å². The molecule has 0 saturated heterocycles. The Morgan fingerprint density at radius 1 is 0.488 bits per heavy atom. The van der Waals surface area contributed by atoms with Gasteiger partial charge in [-0.1, -0.05) is 150 Å². The number of hydrogen-bond acceptors (Lipinski definition) is 2. The Labute approximate surface area is 262 Å². The van der Waals surface area contributed by atoms with Crippen LogP contribution in [0.4, 0.5) is 0 Å². The highest BCUT2D eigenvalue weighted by Crippen LogP contribution is 2.50. The van der Waals surface area contributed by atoms with E-state index < -0.39 is 8.69 Å². The van der Waals surface area contributed by atoms with Crippen molar-refractivity contribution in [3.05, 3.63) is 101 Å². The molecular formula is C40H50O2P+. The van der Waals surface area contributed by atoms with E-state index in [0.717, 1.165) is 27.8 Å². The van der Waals surface area contributed by atoms with Gasteiger partial charge in [0.1, 0.15) is 0 Å². The van der Waals surface area contributed by atoms with Gasteiger partial charge >= 0.3 is 8.69 Å². The molecule has 0 N–H and O–H groups in total. The van der Waals surface area contributed by atoms with Gasteiger partial charge < -0.3 is 0 Å². The second-order valence-corrected chi connectivity index (χ2v) is 16.3. The zero-order valence-electron chi connectivity index (χ0n) is 28.3. The van der Waals surface area contributed by atoms with Crippen LogP contribution in [0.1, 0.15) is 105 Å². The van der Waals surface area contributed by atoms with E-state index in [-0.39, 0.29) is 21.7 Å². The summed E-state index contributed by atoms with van der Waals surface area (Å²) in [7, 11) is -0.904. The quantitative estimate of drug-likeness (QED) is 0.215. The summed E-state index contributed by atoms with van der Waals surface area (Å²) in [4.78, 5) is 0. The van der Waals surface area contributed by atoms with Crippen LogP contribution in [-0.2, 0) is 26.2 Å². The first kappa shape index (κ1) is 32.7. The monoisotopic (exact) mass is 593 g/mol. The zero-order valence-corrected chi connectivity index (χ0v) is 29.3. The lowest BCUT2D eigenvalue weighted by Crippen LogP contribution is -2.18. The summed E-state index contributed by atoms with van der Waals surface area (Å²) in [6.45, 7) is 27.3. The maximum absolute atomic E-state index is 12.1. The molecule has 3 heteroatoms. The van der Waals surface area contributed by atoms with Crippen LogP contribution >= 0.6 is 8.69 Å². The van der Waals surface area contributed by atoms with E-state index in [1.807, 2.05) is 6.07 Å². The minimum absolute atomic E-state index is 0.00871. The Morgan fingerprint density at radius 2 is 0.953 bits per heavy atom. The van der Waals surface area contributed by atoms with Crippen molar-refractivity contribution in [2.75, 3.05) is 0 Å². The van der Waals surface area contributed by atoms with Crippen LogP contribution in [0.2, 0.25) is 0 Å². The van der Waals surface area contributed by atoms with Crippen molar-refractivity contribution in [1.82, 2.24) is 0 Å². The van der Waals surface area contributed by atoms with Crippen LogP contribution in [-0.4, -0.2) is 0 Å². The second-order valence-electron chi connectivity index (χ2n) is 15.9. The molecule has 0 fully saturated rings. The van der Waals surface area contributed by atoms with Gasteiger partial charge in [0.25, 0.3) is 0 Å². The van der Waals surface area contributed by atoms with Gasteiger partial charge in [0.15, 0.2) is 5.75 Å². The predicted molar refractivity (Wildman–Crippen MR) is 187 cm³/mol. The largest absolute Gasteiger partial charge is 0.542 e. The second kappa shape index (κ2) is 11.7. The van der Waals surface area contributed by atoms with E-state index in [1.165, 1.54) is 27.8 Å². The molecular weight excluding hydrogens is 543 g/mol. The van der Waals surface area contributed by atoms with Crippen molar-refractivity contribution >= 4 is 8.69 Å². The summed E-state index contributed by atoms with van der Waals surface area (Å²) >= 11 is 0. The fraction of sp³-hybridized carbons (Fsp3) is 0.400. The van der Waals surface area contributed by atoms with E-state index in [1.54, 1.807) is 0 Å². The molecule has 0 amide bonds. The average Bonchev–Trinajstić information content (AvgIpc) is 2.91. The van der Waals surface area contributed by atoms with Crippen LogP contribution in [0.3, 0.4) is 0 Å². The van der Waals surface area contributed by atoms with Crippen LogP contribution in [0.15, 0.2) is 78.9 Å². The third-order valence-electron chi connectivity index (χ3n) is 8.33. The first-order valence-corrected chi connectivity index (χ1v) is 16.2. The number of rotatable bonds is 5. The van der Waals surface area contributed by atoms with Gasteiger partial charge in [0.2, 0.25) is 0 Å². The summed E-state index contributed by atoms with van der Waals surface area (Å²) < 4.78 is 18.0. The van der Waals surface area contributed by atoms with Crippen molar-refractivity contribution in [2.45, 2.75) is 105 Å². The molecule has 43 heavy (non-hydrogen) atoms. The third-order valence-corrected chi connectivity index (χ3v) is 8.63. The Kier molecular flexibility index (Phi) is 8.89. The molecule has 0 aliphatic carbocycles. The Bertz CT molecular complexity index is 1620. The predicted octanol–water partition coefficient (Wildman–Crippen LogP) is 12.2. The fourth-order valence-electron chi connectivity index (χ4n) is 5.83. The van der Waals surface area contributed by atoms with E-state index in [4.69, 9.17) is 4.52 Å². The van der Waals surface area contributed by atoms with E-state index >= 15 is 0 Å². The lowest BCUT2D eigenvalue weighted by Gasteiger charge is -2.30. The van der Waals surface area contributed by atoms with Crippen molar-refractivity contribution < 1.29 is 9.09 Å². The van der Waals surface area contributed by atoms with Gasteiger partial charge in [-0.3, -0.25) is 4.52 Å². The first-order valence-electron chi connectivity index (χ1n) is 15.4. The Balaban J connectivity index is 2.22. The molecule has 0 bridgehead atoms. The van der Waals surface area contributed by atoms with Crippen LogP contribution in [0.5, 0.6) is 5.75 Å². The molecule has 4 rings (SSSR count). The first-order chi connectivity index (χ1) is 19.8. The highest BCUT2D eigenvalue weighted by atomic mass is 31.1. The number of benzene rings is 4. The standard InChI is InChI=1S/C40H50O2P/c1-37(2,3)27-18-20-29(32(24-27)39(7,8)9)30-22-23-34(42-43-41)36(35(30)26-16-14-13-15-17-26)31-21-19-28(38(4,5)6)25-33(31)40(10,11)12/h13-25,43H,1-12H3/q+1. The lowest BCUT2D eigenvalue weighted by molar-refractivity contribution is 0.526. The SMILES string of the molecule is CC(C)(C)c1ccc(-c2ccc(O[PH+]=O)c(-c3ccc(C(C)(C)C)cc3C(C)(C)C)c2-c2ccccc2)c(C(C)(C)C)c1. The van der Waals surface area contributed by atoms with Gasteiger partial charge in [-0.15, -0.1) is 0 Å². The Hall–Kier alpha value is -3.22. The lowest BCUT2D eigenvalue weighted by atomic mass is 9.74. The number of hydrogen-bond donors (Lipinski definition) is 0. The summed E-state index contributed by atoms with van der Waals surface area (Å²) in [5.74, 6) is 0.633. The van der Waals surface area contributed by atoms with Crippen molar-refractivity contribution in [3.8, 4) is 39.1 Å². The molecule has 4 aromatic carbocycles. The zero-order chi connectivity index (χ0) is 32.0. The minimum atomic E-state index is -0.904. The fourth-order valence-corrected chi connectivity index (χ4v) is 6.09. The molecule has 2 nitrogen and oxygen atoms in total. The van der Waals surface area contributed by atoms with E-state index in [0.29, 0.717) is 5.75 Å². The molecule has 0 radical (unpaired) electrons. The van der Waals surface area contributed by atoms with Crippen LogP contribution < -0.4 is 4.52 Å². The van der Waals surface area contributed by atoms with Gasteiger partial charge in [-0.25, -0.2) is 0 Å². The molecule has 226 valence electrons. The van der Waals surface area contributed by atoms with Gasteiger partial charge in [-0.2, -0.15) is 0 Å². The highest BCUT2D eigenvalue weighted by molar-refractivity contribution is 7.17. The molecule has 1 atom stereocenters. The molecule has 0 saturated carbocycles. The molecule has 0 heterocycles. The van der Waals surface area contributed by atoms with E-state index in [9.17, 15) is 4.57 Å². The topological polar surface area (TPSA) is 26.3 Å². The molecule has 4 aromatic rings. The molecule has 1 unspecified atom stereocenters. The minimum Gasteiger partial charge on any atom is -0.255 e. The summed E-state index contributed by atoms with van der Waals surface area (Å²) in [5.41, 5.74) is 11.6. The van der Waals surface area contributed by atoms with Crippen molar-refractivity contribution in [3.63, 3.8) is 0 Å². The molecule has 0 spiro atoms.